The maximum absolute atomic E-state index is 10.9. The van der Waals surface area contributed by atoms with Gasteiger partial charge < -0.3 is 15.6 Å². The van der Waals surface area contributed by atoms with Gasteiger partial charge in [-0.05, 0) is 24.1 Å². The van der Waals surface area contributed by atoms with Crippen molar-refractivity contribution < 1.29 is 83.4 Å². The van der Waals surface area contributed by atoms with Crippen LogP contribution in [0.1, 0.15) is 29.8 Å². The van der Waals surface area contributed by atoms with E-state index in [9.17, 15) is 14.7 Å². The smallest absolute Gasteiger partial charge is 0.658 e. The minimum absolute atomic E-state index is 0. The molecule has 0 heterocycles. The van der Waals surface area contributed by atoms with Gasteiger partial charge in [-0.3, -0.25) is 10.9 Å². The monoisotopic (exact) mass is 335 g/mol. The zero-order valence-electron chi connectivity index (χ0n) is 13.7. The third-order valence-electron chi connectivity index (χ3n) is 2.33. The normalized spacial score (nSPS) is 9.43. The molecule has 0 radical (unpaired) electrons. The van der Waals surface area contributed by atoms with Crippen molar-refractivity contribution in [2.24, 2.45) is 11.7 Å². The van der Waals surface area contributed by atoms with Crippen LogP contribution in [-0.4, -0.2) is 18.0 Å². The van der Waals surface area contributed by atoms with Crippen LogP contribution < -0.4 is 70.0 Å². The van der Waals surface area contributed by atoms with Crippen LogP contribution in [0.5, 0.6) is 0 Å². The number of hydrogen-bond donors (Lipinski definition) is 1. The zero-order chi connectivity index (χ0) is 16.4. The van der Waals surface area contributed by atoms with E-state index in [1.807, 2.05) is 13.8 Å². The van der Waals surface area contributed by atoms with E-state index in [0.29, 0.717) is 5.56 Å². The second-order valence-corrected chi connectivity index (χ2v) is 4.39. The summed E-state index contributed by atoms with van der Waals surface area (Å²) >= 11 is 0. The summed E-state index contributed by atoms with van der Waals surface area (Å²) in [6.45, 7) is 3.69. The van der Waals surface area contributed by atoms with Crippen molar-refractivity contribution in [3.8, 4) is 0 Å². The molecule has 0 saturated heterocycles. The van der Waals surface area contributed by atoms with Crippen LogP contribution in [-0.2, 0) is 20.8 Å². The molecule has 0 saturated carbocycles. The van der Waals surface area contributed by atoms with E-state index >= 15 is 0 Å². The molecular weight excluding hydrogens is 320 g/mol. The molecule has 8 heteroatoms. The first-order chi connectivity index (χ1) is 9.81. The molecule has 0 aliphatic rings. The quantitative estimate of drug-likeness (QED) is 0.326. The molecule has 0 unspecified atom stereocenters. The predicted molar refractivity (Wildman–Crippen MR) is 70.3 cm³/mol. The maximum Gasteiger partial charge on any atom is 1.00 e. The minimum Gasteiger partial charge on any atom is -0.658 e. The van der Waals surface area contributed by atoms with Crippen molar-refractivity contribution in [2.45, 2.75) is 20.3 Å². The van der Waals surface area contributed by atoms with Gasteiger partial charge in [-0.1, -0.05) is 26.0 Å². The molecule has 1 aromatic rings. The Kier molecular flexibility index (Phi) is 17.5. The first-order valence-corrected chi connectivity index (χ1v) is 6.03. The number of aliphatic carboxylic acids is 1. The third-order valence-corrected chi connectivity index (χ3v) is 2.33. The molecule has 0 aromatic heterocycles. The standard InChI is InChI=1S/C14H16NO3.CO2.2Na/c1-9(2)7-12(14(17)18)8-10-3-5-11(6-4-10)13(15)16;2-1-3;;/h3-6,9H,8H2,1-2H3,(H2,15,16)(H,17,18);;;/q-1;;2*+1/p-1. The number of benzene rings is 1. The summed E-state index contributed by atoms with van der Waals surface area (Å²) in [5, 5.41) is 10.9. The summed E-state index contributed by atoms with van der Waals surface area (Å²) in [5.74, 6) is -1.71. The molecule has 0 aliphatic carbocycles. The van der Waals surface area contributed by atoms with Crippen LogP contribution in [0, 0.1) is 12.0 Å². The van der Waals surface area contributed by atoms with Crippen molar-refractivity contribution in [1.29, 1.82) is 0 Å². The molecule has 0 atom stereocenters. The molecule has 1 rings (SSSR count). The molecule has 0 fully saturated rings. The number of allylic oxidation sites excluding steroid dienone is 1. The molecule has 23 heavy (non-hydrogen) atoms. The van der Waals surface area contributed by atoms with Gasteiger partial charge in [0.05, 0.1) is 0 Å². The Morgan fingerprint density at radius 1 is 1.17 bits per heavy atom. The first kappa shape index (κ1) is 27.1. The second kappa shape index (κ2) is 14.8. The summed E-state index contributed by atoms with van der Waals surface area (Å²) in [6.07, 6.45) is 3.30. The van der Waals surface area contributed by atoms with Crippen LogP contribution >= 0.6 is 0 Å². The van der Waals surface area contributed by atoms with Gasteiger partial charge in [0.1, 0.15) is 0 Å². The van der Waals surface area contributed by atoms with Gasteiger partial charge in [-0.15, -0.1) is 11.9 Å². The Balaban J connectivity index is -0.000000740. The van der Waals surface area contributed by atoms with Gasteiger partial charge >= 0.3 is 65.3 Å². The molecule has 112 valence electrons. The van der Waals surface area contributed by atoms with E-state index in [4.69, 9.17) is 15.3 Å². The van der Waals surface area contributed by atoms with Gasteiger partial charge in [0.15, 0.2) is 0 Å². The van der Waals surface area contributed by atoms with Crippen LogP contribution in [0.4, 0.5) is 0 Å². The van der Waals surface area contributed by atoms with Crippen molar-refractivity contribution in [2.75, 3.05) is 0 Å². The topological polar surface area (TPSA) is 117 Å². The average Bonchev–Trinajstić information content (AvgIpc) is 2.38. The number of carbonyl (C=O) groups excluding carboxylic acids is 4. The summed E-state index contributed by atoms with van der Waals surface area (Å²) in [7, 11) is 0. The van der Waals surface area contributed by atoms with Crippen molar-refractivity contribution in [3.05, 3.63) is 47.0 Å². The Morgan fingerprint density at radius 3 is 1.91 bits per heavy atom. The molecule has 1 amide bonds. The SMILES string of the molecule is CC(C)[C-]=C(Cc1ccc(C(N)=O)cc1)C(=O)[O-].O=C=O.[Na+].[Na+]. The molecular formula is C15H15NNa2O5. The largest absolute Gasteiger partial charge is 1.00 e. The number of rotatable bonds is 5. The number of carbonyl (C=O) groups is 2. The molecule has 6 nitrogen and oxygen atoms in total. The molecule has 2 N–H and O–H groups in total. The molecule has 0 spiro atoms. The Morgan fingerprint density at radius 2 is 1.61 bits per heavy atom. The molecule has 0 aliphatic heterocycles. The zero-order valence-corrected chi connectivity index (χ0v) is 17.7. The van der Waals surface area contributed by atoms with Crippen LogP contribution in [0.2, 0.25) is 0 Å². The molecule has 1 aromatic carbocycles. The van der Waals surface area contributed by atoms with Crippen molar-refractivity contribution >= 4 is 18.0 Å². The number of carboxylic acids is 1. The van der Waals surface area contributed by atoms with Gasteiger partial charge in [-0.2, -0.15) is 15.2 Å². The predicted octanol–water partition coefficient (Wildman–Crippen LogP) is -6.11. The van der Waals surface area contributed by atoms with Crippen molar-refractivity contribution in [3.63, 3.8) is 0 Å². The summed E-state index contributed by atoms with van der Waals surface area (Å²) in [5.41, 5.74) is 6.41. The van der Waals surface area contributed by atoms with E-state index < -0.39 is 11.9 Å². The van der Waals surface area contributed by atoms with Gasteiger partial charge in [0.2, 0.25) is 5.91 Å². The van der Waals surface area contributed by atoms with E-state index in [0.717, 1.165) is 5.56 Å². The number of carboxylic acid groups (broad SMARTS) is 1. The van der Waals surface area contributed by atoms with E-state index in [1.54, 1.807) is 24.3 Å². The van der Waals surface area contributed by atoms with Gasteiger partial charge in [0, 0.05) is 5.56 Å². The maximum atomic E-state index is 10.9. The van der Waals surface area contributed by atoms with Crippen LogP contribution in [0.3, 0.4) is 0 Å². The third kappa shape index (κ3) is 12.4. The Hall–Kier alpha value is -0.720. The van der Waals surface area contributed by atoms with Crippen LogP contribution in [0.25, 0.3) is 0 Å². The number of nitrogens with two attached hydrogens (primary N) is 1. The number of amides is 1. The van der Waals surface area contributed by atoms with E-state index in [2.05, 4.69) is 6.08 Å². The fourth-order valence-electron chi connectivity index (χ4n) is 1.52. The number of hydrogen-bond acceptors (Lipinski definition) is 5. The van der Waals surface area contributed by atoms with E-state index in [1.165, 1.54) is 0 Å². The van der Waals surface area contributed by atoms with Crippen LogP contribution in [0.15, 0.2) is 29.8 Å². The molecule has 0 bridgehead atoms. The van der Waals surface area contributed by atoms with Crippen molar-refractivity contribution in [1.82, 2.24) is 0 Å². The first-order valence-electron chi connectivity index (χ1n) is 6.03. The summed E-state index contributed by atoms with van der Waals surface area (Å²) in [6, 6.07) is 6.48. The fourth-order valence-corrected chi connectivity index (χ4v) is 1.52. The average molecular weight is 335 g/mol. The minimum atomic E-state index is -1.22. The summed E-state index contributed by atoms with van der Waals surface area (Å²) in [4.78, 5) is 38.1. The second-order valence-electron chi connectivity index (χ2n) is 4.39. The fraction of sp³-hybridized carbons (Fsp3) is 0.267. The van der Waals surface area contributed by atoms with Gasteiger partial charge in [-0.25, -0.2) is 0 Å². The summed E-state index contributed by atoms with van der Waals surface area (Å²) < 4.78 is 0. The number of primary amides is 1. The van der Waals surface area contributed by atoms with E-state index in [-0.39, 0.29) is 83.2 Å². The van der Waals surface area contributed by atoms with Gasteiger partial charge in [0.25, 0.3) is 0 Å². The Bertz CT molecular complexity index is 562. The Labute approximate surface area is 179 Å².